The zero-order valence-electron chi connectivity index (χ0n) is 16.1. The molecule has 2 aromatic rings. The van der Waals surface area contributed by atoms with Crippen molar-refractivity contribution in [3.8, 4) is 5.75 Å². The highest BCUT2D eigenvalue weighted by atomic mass is 32.1. The van der Waals surface area contributed by atoms with Gasteiger partial charge < -0.3 is 20.5 Å². The number of guanidine groups is 1. The molecule has 150 valence electrons. The summed E-state index contributed by atoms with van der Waals surface area (Å²) in [6, 6.07) is 9.00. The van der Waals surface area contributed by atoms with Gasteiger partial charge in [0.2, 0.25) is 0 Å². The molecule has 0 radical (unpaired) electrons. The van der Waals surface area contributed by atoms with Gasteiger partial charge in [-0.05, 0) is 42.5 Å². The number of aromatic hydroxyl groups is 1. The summed E-state index contributed by atoms with van der Waals surface area (Å²) in [4.78, 5) is 17.7. The largest absolute Gasteiger partial charge is 0.506 e. The van der Waals surface area contributed by atoms with E-state index in [1.54, 1.807) is 17.4 Å². The molecule has 7 heteroatoms. The summed E-state index contributed by atoms with van der Waals surface area (Å²) in [6.07, 6.45) is 7.17. The minimum atomic E-state index is -0.447. The highest BCUT2D eigenvalue weighted by Crippen LogP contribution is 2.25. The summed E-state index contributed by atoms with van der Waals surface area (Å²) < 4.78 is 4.78. The van der Waals surface area contributed by atoms with Crippen LogP contribution in [0.1, 0.15) is 53.8 Å². The van der Waals surface area contributed by atoms with Crippen molar-refractivity contribution in [3.05, 3.63) is 46.2 Å². The standard InChI is InChI=1S/C21H27N3O3S/c1-27-20(26)15-10-11-19(25)18(13-15)24-21(22-14-17-9-6-12-28-17)23-16-7-4-2-3-5-8-16/h6,9-13,16,25H,2-5,7-8,14H2,1H3,(H2,22,23,24). The van der Waals surface area contributed by atoms with Crippen LogP contribution in [0, 0.1) is 0 Å². The number of anilines is 1. The van der Waals surface area contributed by atoms with E-state index in [-0.39, 0.29) is 5.75 Å². The molecule has 0 unspecified atom stereocenters. The van der Waals surface area contributed by atoms with Crippen LogP contribution in [0.2, 0.25) is 0 Å². The van der Waals surface area contributed by atoms with Gasteiger partial charge >= 0.3 is 5.97 Å². The lowest BCUT2D eigenvalue weighted by molar-refractivity contribution is 0.0601. The fourth-order valence-electron chi connectivity index (χ4n) is 3.31. The summed E-state index contributed by atoms with van der Waals surface area (Å²) >= 11 is 1.66. The molecule has 3 rings (SSSR count). The monoisotopic (exact) mass is 401 g/mol. The van der Waals surface area contributed by atoms with Crippen LogP contribution in [0.15, 0.2) is 40.7 Å². The number of esters is 1. The lowest BCUT2D eigenvalue weighted by atomic mass is 10.1. The molecule has 1 aliphatic rings. The molecule has 1 aromatic carbocycles. The predicted molar refractivity (Wildman–Crippen MR) is 113 cm³/mol. The van der Waals surface area contributed by atoms with Gasteiger partial charge in [0, 0.05) is 10.9 Å². The Hall–Kier alpha value is -2.54. The molecule has 0 amide bonds. The zero-order chi connectivity index (χ0) is 19.8. The van der Waals surface area contributed by atoms with E-state index in [4.69, 9.17) is 9.73 Å². The Morgan fingerprint density at radius 2 is 2.04 bits per heavy atom. The molecule has 1 aliphatic carbocycles. The zero-order valence-corrected chi connectivity index (χ0v) is 16.9. The summed E-state index contributed by atoms with van der Waals surface area (Å²) in [5.41, 5.74) is 0.795. The summed E-state index contributed by atoms with van der Waals surface area (Å²) in [5, 5.41) is 19.0. The number of nitrogens with zero attached hydrogens (tertiary/aromatic N) is 1. The number of methoxy groups -OCH3 is 1. The van der Waals surface area contributed by atoms with Gasteiger partial charge in [0.05, 0.1) is 24.9 Å². The van der Waals surface area contributed by atoms with Crippen LogP contribution in [0.3, 0.4) is 0 Å². The second-order valence-electron chi connectivity index (χ2n) is 6.93. The average Bonchev–Trinajstić information content (AvgIpc) is 3.10. The first-order valence-corrected chi connectivity index (χ1v) is 10.6. The number of nitrogens with one attached hydrogen (secondary N) is 2. The van der Waals surface area contributed by atoms with Crippen molar-refractivity contribution in [3.63, 3.8) is 0 Å². The smallest absolute Gasteiger partial charge is 0.337 e. The van der Waals surface area contributed by atoms with E-state index in [0.717, 1.165) is 17.7 Å². The number of aliphatic imine (C=N–C) groups is 1. The van der Waals surface area contributed by atoms with E-state index >= 15 is 0 Å². The Bertz CT molecular complexity index is 797. The molecule has 1 fully saturated rings. The molecule has 1 heterocycles. The third kappa shape index (κ3) is 5.73. The summed E-state index contributed by atoms with van der Waals surface area (Å²) in [7, 11) is 1.34. The molecule has 0 bridgehead atoms. The molecule has 0 aliphatic heterocycles. The fraction of sp³-hybridized carbons (Fsp3) is 0.429. The Balaban J connectivity index is 1.79. The normalized spacial score (nSPS) is 15.7. The van der Waals surface area contributed by atoms with Crippen molar-refractivity contribution in [2.45, 2.75) is 51.1 Å². The highest BCUT2D eigenvalue weighted by molar-refractivity contribution is 7.09. The first-order valence-electron chi connectivity index (χ1n) is 9.67. The van der Waals surface area contributed by atoms with E-state index in [2.05, 4.69) is 10.6 Å². The Morgan fingerprint density at radius 1 is 1.25 bits per heavy atom. The number of phenolic OH excluding ortho intramolecular Hbond substituents is 1. The molecule has 6 nitrogen and oxygen atoms in total. The second kappa shape index (κ2) is 10.1. The van der Waals surface area contributed by atoms with Crippen molar-refractivity contribution in [1.29, 1.82) is 0 Å². The molecular formula is C21H27N3O3S. The third-order valence-electron chi connectivity index (χ3n) is 4.84. The number of benzene rings is 1. The van der Waals surface area contributed by atoms with Crippen LogP contribution in [-0.4, -0.2) is 30.2 Å². The van der Waals surface area contributed by atoms with E-state index in [9.17, 15) is 9.90 Å². The van der Waals surface area contributed by atoms with Crippen molar-refractivity contribution >= 4 is 29.0 Å². The highest BCUT2D eigenvalue weighted by Gasteiger charge is 2.16. The molecule has 1 aromatic heterocycles. The summed E-state index contributed by atoms with van der Waals surface area (Å²) in [5.74, 6) is 0.216. The topological polar surface area (TPSA) is 83.0 Å². The van der Waals surface area contributed by atoms with Gasteiger partial charge in [-0.3, -0.25) is 0 Å². The lowest BCUT2D eigenvalue weighted by Crippen LogP contribution is -2.39. The van der Waals surface area contributed by atoms with Gasteiger partial charge in [0.1, 0.15) is 5.75 Å². The summed E-state index contributed by atoms with van der Waals surface area (Å²) in [6.45, 7) is 0.553. The molecule has 3 N–H and O–H groups in total. The Morgan fingerprint density at radius 3 is 2.71 bits per heavy atom. The first kappa shape index (κ1) is 20.2. The maximum atomic E-state index is 11.8. The van der Waals surface area contributed by atoms with Crippen LogP contribution in [0.4, 0.5) is 5.69 Å². The Labute approximate surface area is 169 Å². The minimum Gasteiger partial charge on any atom is -0.506 e. The number of phenols is 1. The predicted octanol–water partition coefficient (Wildman–Crippen LogP) is 4.52. The number of rotatable bonds is 5. The number of carbonyl (C=O) groups is 1. The minimum absolute atomic E-state index is 0.0548. The van der Waals surface area contributed by atoms with Crippen LogP contribution in [0.5, 0.6) is 5.75 Å². The fourth-order valence-corrected chi connectivity index (χ4v) is 3.93. The van der Waals surface area contributed by atoms with E-state index < -0.39 is 5.97 Å². The quantitative estimate of drug-likeness (QED) is 0.226. The molecule has 28 heavy (non-hydrogen) atoms. The van der Waals surface area contributed by atoms with E-state index in [1.165, 1.54) is 44.9 Å². The van der Waals surface area contributed by atoms with E-state index in [1.807, 2.05) is 17.5 Å². The van der Waals surface area contributed by atoms with E-state index in [0.29, 0.717) is 29.8 Å². The van der Waals surface area contributed by atoms with Crippen molar-refractivity contribution in [2.24, 2.45) is 4.99 Å². The van der Waals surface area contributed by atoms with Crippen molar-refractivity contribution < 1.29 is 14.6 Å². The number of hydrogen-bond donors (Lipinski definition) is 3. The molecule has 0 atom stereocenters. The maximum Gasteiger partial charge on any atom is 0.337 e. The number of thiophene rings is 1. The number of hydrogen-bond acceptors (Lipinski definition) is 5. The van der Waals surface area contributed by atoms with Gasteiger partial charge in [-0.2, -0.15) is 0 Å². The van der Waals surface area contributed by atoms with Gasteiger partial charge in [0.25, 0.3) is 0 Å². The molecular weight excluding hydrogens is 374 g/mol. The van der Waals surface area contributed by atoms with Crippen molar-refractivity contribution in [2.75, 3.05) is 12.4 Å². The Kier molecular flexibility index (Phi) is 7.31. The van der Waals surface area contributed by atoms with Crippen LogP contribution < -0.4 is 10.6 Å². The van der Waals surface area contributed by atoms with Crippen LogP contribution in [-0.2, 0) is 11.3 Å². The molecule has 1 saturated carbocycles. The second-order valence-corrected chi connectivity index (χ2v) is 7.96. The third-order valence-corrected chi connectivity index (χ3v) is 5.70. The molecule has 0 spiro atoms. The van der Waals surface area contributed by atoms with Crippen LogP contribution >= 0.6 is 11.3 Å². The van der Waals surface area contributed by atoms with Gasteiger partial charge in [-0.25, -0.2) is 9.79 Å². The maximum absolute atomic E-state index is 11.8. The lowest BCUT2D eigenvalue weighted by Gasteiger charge is -2.21. The SMILES string of the molecule is COC(=O)c1ccc(O)c(NC(=NCc2cccs2)NC2CCCCCC2)c1. The first-order chi connectivity index (χ1) is 13.7. The average molecular weight is 402 g/mol. The van der Waals surface area contributed by atoms with Crippen molar-refractivity contribution in [1.82, 2.24) is 5.32 Å². The molecule has 0 saturated heterocycles. The number of carbonyl (C=O) groups excluding carboxylic acids is 1. The van der Waals surface area contributed by atoms with Gasteiger partial charge in [0.15, 0.2) is 5.96 Å². The van der Waals surface area contributed by atoms with Crippen LogP contribution in [0.25, 0.3) is 0 Å². The van der Waals surface area contributed by atoms with Gasteiger partial charge in [-0.15, -0.1) is 11.3 Å². The van der Waals surface area contributed by atoms with Gasteiger partial charge in [-0.1, -0.05) is 31.7 Å². The number of ether oxygens (including phenoxy) is 1.